The number of carbonyl (C=O) groups excluding carboxylic acids is 2. The molecular weight excluding hydrogens is 280 g/mol. The van der Waals surface area contributed by atoms with E-state index >= 15 is 0 Å². The first kappa shape index (κ1) is 16.4. The number of carbonyl (C=O) groups is 2. The molecule has 2 N–H and O–H groups in total. The van der Waals surface area contributed by atoms with Crippen LogP contribution in [0.25, 0.3) is 0 Å². The van der Waals surface area contributed by atoms with Crippen molar-refractivity contribution in [3.8, 4) is 0 Å². The Morgan fingerprint density at radius 1 is 1.21 bits per heavy atom. The van der Waals surface area contributed by atoms with Crippen LogP contribution in [0.15, 0.2) is 0 Å². The Morgan fingerprint density at radius 2 is 1.74 bits per heavy atom. The topological polar surface area (TPSA) is 58.2 Å². The SMILES string of the molecule is CCC1(C(C)SCCC(C)C)C(=O)NC(=S)NC1=O. The predicted octanol–water partition coefficient (Wildman–Crippen LogP) is 2.08. The van der Waals surface area contributed by atoms with Gasteiger partial charge in [0.05, 0.1) is 0 Å². The van der Waals surface area contributed by atoms with Crippen LogP contribution >= 0.6 is 24.0 Å². The van der Waals surface area contributed by atoms with Crippen LogP contribution in [0.5, 0.6) is 0 Å². The van der Waals surface area contributed by atoms with E-state index in [1.165, 1.54) is 0 Å². The molecular formula is C13H22N2O2S2. The molecule has 0 aromatic heterocycles. The third kappa shape index (κ3) is 3.48. The third-order valence-corrected chi connectivity index (χ3v) is 5.16. The summed E-state index contributed by atoms with van der Waals surface area (Å²) in [5.74, 6) is 1.03. The standard InChI is InChI=1S/C13H22N2O2S2/c1-5-13(9(4)19-7-6-8(2)3)10(16)14-12(18)15-11(13)17/h8-9H,5-7H2,1-4H3,(H2,14,15,16,17,18). The van der Waals surface area contributed by atoms with E-state index < -0.39 is 5.41 Å². The molecule has 1 aliphatic rings. The van der Waals surface area contributed by atoms with Gasteiger partial charge in [0.2, 0.25) is 11.8 Å². The molecule has 1 saturated heterocycles. The van der Waals surface area contributed by atoms with Gasteiger partial charge in [-0.2, -0.15) is 11.8 Å². The molecule has 0 saturated carbocycles. The lowest BCUT2D eigenvalue weighted by Crippen LogP contribution is -2.65. The van der Waals surface area contributed by atoms with Gasteiger partial charge in [-0.15, -0.1) is 0 Å². The zero-order valence-corrected chi connectivity index (χ0v) is 13.5. The first-order valence-electron chi connectivity index (χ1n) is 6.63. The van der Waals surface area contributed by atoms with Crippen molar-refractivity contribution in [1.82, 2.24) is 10.6 Å². The van der Waals surface area contributed by atoms with Gasteiger partial charge in [-0.1, -0.05) is 27.7 Å². The number of thiocarbonyl (C=S) groups is 1. The van der Waals surface area contributed by atoms with Crippen LogP contribution in [0.2, 0.25) is 0 Å². The second-order valence-electron chi connectivity index (χ2n) is 5.26. The molecule has 1 heterocycles. The quantitative estimate of drug-likeness (QED) is 0.582. The summed E-state index contributed by atoms with van der Waals surface area (Å²) in [5, 5.41) is 5.20. The number of thioether (sulfide) groups is 1. The van der Waals surface area contributed by atoms with Gasteiger partial charge in [0.15, 0.2) is 5.11 Å². The van der Waals surface area contributed by atoms with Crippen LogP contribution in [0.1, 0.15) is 40.5 Å². The van der Waals surface area contributed by atoms with Crippen molar-refractivity contribution < 1.29 is 9.59 Å². The summed E-state index contributed by atoms with van der Waals surface area (Å²) in [7, 11) is 0. The maximum absolute atomic E-state index is 12.2. The van der Waals surface area contributed by atoms with Crippen molar-refractivity contribution in [2.45, 2.75) is 45.8 Å². The van der Waals surface area contributed by atoms with Crippen LogP contribution < -0.4 is 10.6 Å². The zero-order chi connectivity index (χ0) is 14.6. The Morgan fingerprint density at radius 3 is 2.16 bits per heavy atom. The maximum Gasteiger partial charge on any atom is 0.242 e. The van der Waals surface area contributed by atoms with Crippen molar-refractivity contribution in [2.24, 2.45) is 11.3 Å². The molecule has 19 heavy (non-hydrogen) atoms. The van der Waals surface area contributed by atoms with E-state index in [1.807, 2.05) is 13.8 Å². The zero-order valence-electron chi connectivity index (χ0n) is 11.9. The molecule has 6 heteroatoms. The molecule has 1 unspecified atom stereocenters. The largest absolute Gasteiger partial charge is 0.302 e. The summed E-state index contributed by atoms with van der Waals surface area (Å²) >= 11 is 6.53. The van der Waals surface area contributed by atoms with Gasteiger partial charge in [0.1, 0.15) is 5.41 Å². The minimum atomic E-state index is -1.01. The minimum Gasteiger partial charge on any atom is -0.302 e. The minimum absolute atomic E-state index is 0.0700. The highest BCUT2D eigenvalue weighted by Crippen LogP contribution is 2.37. The molecule has 2 amide bonds. The smallest absolute Gasteiger partial charge is 0.242 e. The Bertz CT molecular complexity index is 363. The van der Waals surface area contributed by atoms with E-state index in [0.29, 0.717) is 12.3 Å². The second kappa shape index (κ2) is 6.70. The summed E-state index contributed by atoms with van der Waals surface area (Å²) in [6, 6.07) is 0. The van der Waals surface area contributed by atoms with Crippen LogP contribution in [-0.4, -0.2) is 27.9 Å². The van der Waals surface area contributed by atoms with E-state index in [-0.39, 0.29) is 22.2 Å². The first-order chi connectivity index (χ1) is 8.84. The summed E-state index contributed by atoms with van der Waals surface area (Å²) in [6.07, 6.45) is 1.56. The average Bonchev–Trinajstić information content (AvgIpc) is 2.28. The molecule has 0 radical (unpaired) electrons. The average molecular weight is 302 g/mol. The van der Waals surface area contributed by atoms with E-state index in [1.54, 1.807) is 11.8 Å². The van der Waals surface area contributed by atoms with E-state index in [4.69, 9.17) is 12.2 Å². The number of amides is 2. The molecule has 0 spiro atoms. The Labute approximate surface area is 124 Å². The van der Waals surface area contributed by atoms with Crippen LogP contribution in [-0.2, 0) is 9.59 Å². The summed E-state index contributed by atoms with van der Waals surface area (Å²) in [4.78, 5) is 24.5. The second-order valence-corrected chi connectivity index (χ2v) is 7.11. The van der Waals surface area contributed by atoms with Gasteiger partial charge < -0.3 is 10.6 Å². The monoisotopic (exact) mass is 302 g/mol. The molecule has 0 aromatic rings. The number of rotatable bonds is 6. The Balaban J connectivity index is 2.80. The van der Waals surface area contributed by atoms with E-state index in [9.17, 15) is 9.59 Å². The van der Waals surface area contributed by atoms with Crippen molar-refractivity contribution in [3.63, 3.8) is 0 Å². The Hall–Kier alpha value is -0.620. The fourth-order valence-corrected chi connectivity index (χ4v) is 3.98. The van der Waals surface area contributed by atoms with Gasteiger partial charge in [-0.25, -0.2) is 0 Å². The van der Waals surface area contributed by atoms with Crippen LogP contribution in [0.3, 0.4) is 0 Å². The van der Waals surface area contributed by atoms with E-state index in [2.05, 4.69) is 24.5 Å². The summed E-state index contributed by atoms with van der Waals surface area (Å²) in [5.41, 5.74) is -1.01. The molecule has 1 fully saturated rings. The molecule has 0 aliphatic carbocycles. The first-order valence-corrected chi connectivity index (χ1v) is 8.08. The molecule has 0 aromatic carbocycles. The molecule has 4 nitrogen and oxygen atoms in total. The van der Waals surface area contributed by atoms with E-state index in [0.717, 1.165) is 12.2 Å². The highest BCUT2D eigenvalue weighted by molar-refractivity contribution is 8.00. The van der Waals surface area contributed by atoms with Gasteiger partial charge >= 0.3 is 0 Å². The van der Waals surface area contributed by atoms with Gasteiger partial charge in [-0.05, 0) is 36.7 Å². The summed E-state index contributed by atoms with van der Waals surface area (Å²) < 4.78 is 0. The van der Waals surface area contributed by atoms with Crippen molar-refractivity contribution >= 4 is 40.9 Å². The molecule has 1 aliphatic heterocycles. The highest BCUT2D eigenvalue weighted by atomic mass is 32.2. The highest BCUT2D eigenvalue weighted by Gasteiger charge is 2.52. The normalized spacial score (nSPS) is 20.2. The fourth-order valence-electron chi connectivity index (χ4n) is 2.16. The van der Waals surface area contributed by atoms with Crippen molar-refractivity contribution in [3.05, 3.63) is 0 Å². The van der Waals surface area contributed by atoms with Crippen molar-refractivity contribution in [2.75, 3.05) is 5.75 Å². The van der Waals surface area contributed by atoms with Crippen LogP contribution in [0, 0.1) is 11.3 Å². The van der Waals surface area contributed by atoms with Gasteiger partial charge in [0.25, 0.3) is 0 Å². The lowest BCUT2D eigenvalue weighted by atomic mass is 9.79. The fraction of sp³-hybridized carbons (Fsp3) is 0.769. The predicted molar refractivity (Wildman–Crippen MR) is 83.0 cm³/mol. The number of hydrogen-bond acceptors (Lipinski definition) is 4. The molecule has 0 bridgehead atoms. The Kier molecular flexibility index (Phi) is 5.80. The lowest BCUT2D eigenvalue weighted by Gasteiger charge is -2.38. The van der Waals surface area contributed by atoms with Gasteiger partial charge in [-0.3, -0.25) is 9.59 Å². The van der Waals surface area contributed by atoms with Crippen molar-refractivity contribution in [1.29, 1.82) is 0 Å². The molecule has 108 valence electrons. The molecule has 1 rings (SSSR count). The lowest BCUT2D eigenvalue weighted by molar-refractivity contribution is -0.143. The molecule has 1 atom stereocenters. The maximum atomic E-state index is 12.2. The third-order valence-electron chi connectivity index (χ3n) is 3.58. The summed E-state index contributed by atoms with van der Waals surface area (Å²) in [6.45, 7) is 8.15. The number of hydrogen-bond donors (Lipinski definition) is 2. The van der Waals surface area contributed by atoms with Gasteiger partial charge in [0, 0.05) is 5.25 Å². The number of nitrogens with one attached hydrogen (secondary N) is 2. The van der Waals surface area contributed by atoms with Crippen LogP contribution in [0.4, 0.5) is 0 Å².